The van der Waals surface area contributed by atoms with Crippen LogP contribution in [0.15, 0.2) is 42.5 Å². The molecule has 29 heavy (non-hydrogen) atoms. The number of H-pyrrole nitrogens is 1. The van der Waals surface area contributed by atoms with Gasteiger partial charge in [-0.15, -0.1) is 0 Å². The number of aromatic amines is 1. The molecule has 0 saturated carbocycles. The molecule has 0 radical (unpaired) electrons. The van der Waals surface area contributed by atoms with Crippen molar-refractivity contribution in [2.45, 2.75) is 25.8 Å². The van der Waals surface area contributed by atoms with E-state index in [0.29, 0.717) is 23.6 Å². The van der Waals surface area contributed by atoms with Crippen molar-refractivity contribution in [1.29, 1.82) is 0 Å². The molecule has 2 aromatic carbocycles. The zero-order valence-corrected chi connectivity index (χ0v) is 16.5. The number of fused-ring (bicyclic) bond motifs is 1. The minimum atomic E-state index is -0.106. The first-order chi connectivity index (χ1) is 14.1. The molecule has 7 nitrogen and oxygen atoms in total. The van der Waals surface area contributed by atoms with E-state index in [2.05, 4.69) is 9.97 Å². The van der Waals surface area contributed by atoms with Gasteiger partial charge in [0.05, 0.1) is 24.2 Å². The predicted octanol–water partition coefficient (Wildman–Crippen LogP) is 3.52. The van der Waals surface area contributed by atoms with E-state index in [1.165, 1.54) is 14.0 Å². The number of carbonyl (C=O) groups is 2. The van der Waals surface area contributed by atoms with Crippen molar-refractivity contribution in [3.05, 3.63) is 53.9 Å². The summed E-state index contributed by atoms with van der Waals surface area (Å²) in [5.74, 6) is 1.51. The van der Waals surface area contributed by atoms with Gasteiger partial charge < -0.3 is 19.4 Å². The van der Waals surface area contributed by atoms with Gasteiger partial charge in [-0.05, 0) is 50.1 Å². The molecule has 0 spiro atoms. The monoisotopic (exact) mass is 393 g/mol. The minimum absolute atomic E-state index is 0.0586. The highest BCUT2D eigenvalue weighted by Crippen LogP contribution is 2.32. The highest BCUT2D eigenvalue weighted by Gasteiger charge is 2.32. The maximum Gasteiger partial charge on any atom is 0.261 e. The molecule has 4 rings (SSSR count). The quantitative estimate of drug-likeness (QED) is 0.648. The fourth-order valence-electron chi connectivity index (χ4n) is 3.71. The SMILES string of the molecule is COc1cc(C(C)=O)ccc1OCC(=O)N1CCC[C@@H]1c1nc2ccccc2[nH]1. The number of hydrogen-bond donors (Lipinski definition) is 1. The molecule has 0 aliphatic carbocycles. The van der Waals surface area contributed by atoms with Crippen molar-refractivity contribution in [2.24, 2.45) is 0 Å². The van der Waals surface area contributed by atoms with Gasteiger partial charge >= 0.3 is 0 Å². The molecule has 1 N–H and O–H groups in total. The molecule has 150 valence electrons. The van der Waals surface area contributed by atoms with Crippen LogP contribution in [-0.2, 0) is 4.79 Å². The molecule has 1 aromatic heterocycles. The summed E-state index contributed by atoms with van der Waals surface area (Å²) in [6.07, 6.45) is 1.78. The summed E-state index contributed by atoms with van der Waals surface area (Å²) in [6, 6.07) is 12.7. The molecular weight excluding hydrogens is 370 g/mol. The number of carbonyl (C=O) groups excluding carboxylic acids is 2. The molecule has 1 fully saturated rings. The number of ether oxygens (including phenoxy) is 2. The number of methoxy groups -OCH3 is 1. The van der Waals surface area contributed by atoms with E-state index in [-0.39, 0.29) is 24.3 Å². The number of imidazole rings is 1. The molecule has 2 heterocycles. The van der Waals surface area contributed by atoms with Crippen LogP contribution in [0.2, 0.25) is 0 Å². The lowest BCUT2D eigenvalue weighted by Crippen LogP contribution is -2.34. The Labute approximate surface area is 168 Å². The van der Waals surface area contributed by atoms with Gasteiger partial charge in [-0.2, -0.15) is 0 Å². The average Bonchev–Trinajstić information content (AvgIpc) is 3.38. The van der Waals surface area contributed by atoms with Crippen LogP contribution in [0.5, 0.6) is 11.5 Å². The smallest absolute Gasteiger partial charge is 0.261 e. The van der Waals surface area contributed by atoms with Crippen LogP contribution >= 0.6 is 0 Å². The van der Waals surface area contributed by atoms with Gasteiger partial charge in [0.1, 0.15) is 5.82 Å². The van der Waals surface area contributed by atoms with Crippen molar-refractivity contribution in [3.8, 4) is 11.5 Å². The Morgan fingerprint density at radius 3 is 2.79 bits per heavy atom. The van der Waals surface area contributed by atoms with Gasteiger partial charge in [-0.25, -0.2) is 4.98 Å². The summed E-state index contributed by atoms with van der Waals surface area (Å²) in [5, 5.41) is 0. The Bertz CT molecular complexity index is 1030. The van der Waals surface area contributed by atoms with Gasteiger partial charge in [0.2, 0.25) is 0 Å². The second-order valence-electron chi connectivity index (χ2n) is 7.09. The summed E-state index contributed by atoms with van der Waals surface area (Å²) in [4.78, 5) is 34.2. The number of nitrogens with one attached hydrogen (secondary N) is 1. The maximum atomic E-state index is 12.9. The second-order valence-corrected chi connectivity index (χ2v) is 7.09. The lowest BCUT2D eigenvalue weighted by atomic mass is 10.1. The van der Waals surface area contributed by atoms with Crippen molar-refractivity contribution in [2.75, 3.05) is 20.3 Å². The Morgan fingerprint density at radius 2 is 2.03 bits per heavy atom. The number of para-hydroxylation sites is 2. The van der Waals surface area contributed by atoms with Crippen LogP contribution < -0.4 is 9.47 Å². The number of nitrogens with zero attached hydrogens (tertiary/aromatic N) is 2. The molecule has 1 atom stereocenters. The second kappa shape index (κ2) is 7.95. The van der Waals surface area contributed by atoms with E-state index in [1.54, 1.807) is 18.2 Å². The van der Waals surface area contributed by atoms with Crippen molar-refractivity contribution >= 4 is 22.7 Å². The van der Waals surface area contributed by atoms with Gasteiger partial charge in [0, 0.05) is 12.1 Å². The summed E-state index contributed by atoms with van der Waals surface area (Å²) in [7, 11) is 1.51. The molecule has 7 heteroatoms. The molecule has 0 unspecified atom stereocenters. The molecule has 1 aliphatic heterocycles. The van der Waals surface area contributed by atoms with Crippen LogP contribution in [0.4, 0.5) is 0 Å². The van der Waals surface area contributed by atoms with Crippen LogP contribution in [0.25, 0.3) is 11.0 Å². The van der Waals surface area contributed by atoms with E-state index >= 15 is 0 Å². The van der Waals surface area contributed by atoms with E-state index in [1.807, 2.05) is 29.2 Å². The largest absolute Gasteiger partial charge is 0.493 e. The minimum Gasteiger partial charge on any atom is -0.493 e. The van der Waals surface area contributed by atoms with Crippen LogP contribution in [-0.4, -0.2) is 46.8 Å². The lowest BCUT2D eigenvalue weighted by Gasteiger charge is -2.23. The fraction of sp³-hybridized carbons (Fsp3) is 0.318. The highest BCUT2D eigenvalue weighted by molar-refractivity contribution is 5.94. The molecule has 3 aromatic rings. The Balaban J connectivity index is 1.47. The number of hydrogen-bond acceptors (Lipinski definition) is 5. The van der Waals surface area contributed by atoms with E-state index < -0.39 is 0 Å². The Hall–Kier alpha value is -3.35. The number of likely N-dealkylation sites (tertiary alicyclic amines) is 1. The third kappa shape index (κ3) is 3.81. The third-order valence-corrected chi connectivity index (χ3v) is 5.22. The molecule has 1 amide bonds. The molecule has 1 aliphatic rings. The van der Waals surface area contributed by atoms with Gasteiger partial charge in [0.25, 0.3) is 5.91 Å². The van der Waals surface area contributed by atoms with E-state index in [9.17, 15) is 9.59 Å². The normalized spacial score (nSPS) is 16.2. The summed E-state index contributed by atoms with van der Waals surface area (Å²) in [6.45, 7) is 2.06. The number of ketones is 1. The zero-order valence-electron chi connectivity index (χ0n) is 16.5. The van der Waals surface area contributed by atoms with Crippen LogP contribution in [0.1, 0.15) is 42.0 Å². The van der Waals surface area contributed by atoms with E-state index in [4.69, 9.17) is 9.47 Å². The van der Waals surface area contributed by atoms with Crippen molar-refractivity contribution in [3.63, 3.8) is 0 Å². The number of benzene rings is 2. The number of rotatable bonds is 6. The molecule has 1 saturated heterocycles. The predicted molar refractivity (Wildman–Crippen MR) is 108 cm³/mol. The van der Waals surface area contributed by atoms with Crippen molar-refractivity contribution < 1.29 is 19.1 Å². The van der Waals surface area contributed by atoms with E-state index in [0.717, 1.165) is 29.7 Å². The van der Waals surface area contributed by atoms with Crippen molar-refractivity contribution in [1.82, 2.24) is 14.9 Å². The molecule has 0 bridgehead atoms. The van der Waals surface area contributed by atoms with Crippen LogP contribution in [0.3, 0.4) is 0 Å². The number of Topliss-reactive ketones (excluding diaryl/α,β-unsaturated/α-hetero) is 1. The number of aromatic nitrogens is 2. The first-order valence-corrected chi connectivity index (χ1v) is 9.62. The Kier molecular flexibility index (Phi) is 5.20. The first kappa shape index (κ1) is 19.0. The summed E-state index contributed by atoms with van der Waals surface area (Å²) in [5.41, 5.74) is 2.40. The number of amides is 1. The zero-order chi connectivity index (χ0) is 20.4. The topological polar surface area (TPSA) is 84.5 Å². The van der Waals surface area contributed by atoms with Gasteiger partial charge in [-0.1, -0.05) is 12.1 Å². The van der Waals surface area contributed by atoms with Gasteiger partial charge in [-0.3, -0.25) is 9.59 Å². The Morgan fingerprint density at radius 1 is 1.21 bits per heavy atom. The summed E-state index contributed by atoms with van der Waals surface area (Å²) < 4.78 is 11.0. The standard InChI is InChI=1S/C22H23N3O4/c1-14(26)15-9-10-19(20(12-15)28-2)29-13-21(27)25-11-5-8-18(25)22-23-16-6-3-4-7-17(16)24-22/h3-4,6-7,9-10,12,18H,5,8,11,13H2,1-2H3,(H,23,24)/t18-/m1/s1. The third-order valence-electron chi connectivity index (χ3n) is 5.22. The van der Waals surface area contributed by atoms with Crippen LogP contribution in [0, 0.1) is 0 Å². The maximum absolute atomic E-state index is 12.9. The molecular formula is C22H23N3O4. The van der Waals surface area contributed by atoms with Gasteiger partial charge in [0.15, 0.2) is 23.9 Å². The highest BCUT2D eigenvalue weighted by atomic mass is 16.5. The first-order valence-electron chi connectivity index (χ1n) is 9.62. The lowest BCUT2D eigenvalue weighted by molar-refractivity contribution is -0.134. The summed E-state index contributed by atoms with van der Waals surface area (Å²) >= 11 is 0. The average molecular weight is 393 g/mol. The fourth-order valence-corrected chi connectivity index (χ4v) is 3.71.